The molecule has 2 N–H and O–H groups in total. The van der Waals surface area contributed by atoms with Crippen molar-refractivity contribution in [2.24, 2.45) is 0 Å². The number of benzene rings is 2. The molecule has 40 heavy (non-hydrogen) atoms. The number of thiophene rings is 1. The van der Waals surface area contributed by atoms with Crippen molar-refractivity contribution in [1.29, 1.82) is 0 Å². The lowest BCUT2D eigenvalue weighted by molar-refractivity contribution is -0.137. The Morgan fingerprint density at radius 1 is 0.975 bits per heavy atom. The number of carboxylic acid groups (broad SMARTS) is 1. The van der Waals surface area contributed by atoms with E-state index in [0.29, 0.717) is 0 Å². The van der Waals surface area contributed by atoms with Crippen LogP contribution in [0.5, 0.6) is 0 Å². The maximum atomic E-state index is 13.7. The lowest BCUT2D eigenvalue weighted by Gasteiger charge is -2.24. The topological polar surface area (TPSA) is 96.6 Å². The fraction of sp³-hybridized carbons (Fsp3) is 0.276. The Hall–Kier alpha value is -3.41. The van der Waals surface area contributed by atoms with Gasteiger partial charge in [0.25, 0.3) is 0 Å². The van der Waals surface area contributed by atoms with E-state index in [-0.39, 0.29) is 31.8 Å². The minimum atomic E-state index is -4.66. The number of aliphatic hydroxyl groups is 1. The number of alkyl halides is 3. The maximum Gasteiger partial charge on any atom is 0.416 e. The van der Waals surface area contributed by atoms with Gasteiger partial charge in [0.05, 0.1) is 22.5 Å². The van der Waals surface area contributed by atoms with Crippen molar-refractivity contribution in [3.05, 3.63) is 98.9 Å². The highest BCUT2D eigenvalue weighted by Crippen LogP contribution is 2.40. The summed E-state index contributed by atoms with van der Waals surface area (Å²) in [5.41, 5.74) is -1.52. The maximum absolute atomic E-state index is 13.7. The van der Waals surface area contributed by atoms with Gasteiger partial charge in [-0.05, 0) is 59.9 Å². The molecule has 212 valence electrons. The van der Waals surface area contributed by atoms with E-state index in [2.05, 4.69) is 20.8 Å². The lowest BCUT2D eigenvalue weighted by atomic mass is 9.86. The predicted molar refractivity (Wildman–Crippen MR) is 150 cm³/mol. The highest BCUT2D eigenvalue weighted by Gasteiger charge is 2.37. The van der Waals surface area contributed by atoms with Gasteiger partial charge in [-0.1, -0.05) is 57.2 Å². The number of fused-ring (bicyclic) bond motifs is 1. The third kappa shape index (κ3) is 5.86. The van der Waals surface area contributed by atoms with Crippen molar-refractivity contribution in [2.45, 2.75) is 44.9 Å². The van der Waals surface area contributed by atoms with Gasteiger partial charge in [-0.2, -0.15) is 13.2 Å². The molecule has 0 radical (unpaired) electrons. The van der Waals surface area contributed by atoms with E-state index in [1.54, 1.807) is 6.08 Å². The molecule has 0 spiro atoms. The van der Waals surface area contributed by atoms with Crippen molar-refractivity contribution in [2.75, 3.05) is 5.75 Å². The van der Waals surface area contributed by atoms with Gasteiger partial charge in [-0.25, -0.2) is 17.2 Å². The van der Waals surface area contributed by atoms with Gasteiger partial charge in [0.15, 0.2) is 0 Å². The number of hydrogen-bond donors (Lipinski definition) is 2. The molecule has 0 bridgehead atoms. The summed E-state index contributed by atoms with van der Waals surface area (Å²) < 4.78 is 68.5. The van der Waals surface area contributed by atoms with Crippen LogP contribution in [0.4, 0.5) is 13.2 Å². The van der Waals surface area contributed by atoms with Crippen LogP contribution in [0.15, 0.2) is 66.7 Å². The van der Waals surface area contributed by atoms with Gasteiger partial charge in [-0.3, -0.25) is 0 Å². The van der Waals surface area contributed by atoms with Crippen LogP contribution in [0.25, 0.3) is 17.0 Å². The first-order valence-electron chi connectivity index (χ1n) is 12.2. The molecule has 0 saturated heterocycles. The molecule has 0 aliphatic heterocycles. The Bertz CT molecular complexity index is 1720. The van der Waals surface area contributed by atoms with Crippen LogP contribution in [0.2, 0.25) is 0 Å². The normalized spacial score (nSPS) is 14.6. The largest absolute Gasteiger partial charge is 0.477 e. The van der Waals surface area contributed by atoms with Gasteiger partial charge in [0.1, 0.15) is 10.5 Å². The van der Waals surface area contributed by atoms with E-state index in [1.807, 2.05) is 24.3 Å². The second kappa shape index (κ2) is 10.2. The van der Waals surface area contributed by atoms with E-state index in [1.165, 1.54) is 31.2 Å². The molecule has 6 nitrogen and oxygen atoms in total. The van der Waals surface area contributed by atoms with Crippen LogP contribution in [0.1, 0.15) is 64.6 Å². The van der Waals surface area contributed by atoms with E-state index < -0.39 is 39.1 Å². The minimum absolute atomic E-state index is 0.0365. The molecule has 2 aromatic heterocycles. The second-order valence-corrected chi connectivity index (χ2v) is 13.6. The average Bonchev–Trinajstić information content (AvgIpc) is 3.49. The number of carboxylic acids is 1. The molecule has 1 unspecified atom stereocenters. The molecule has 2 heterocycles. The molecule has 0 fully saturated rings. The third-order valence-electron chi connectivity index (χ3n) is 6.53. The second-order valence-electron chi connectivity index (χ2n) is 10.7. The van der Waals surface area contributed by atoms with Gasteiger partial charge in [-0.15, -0.1) is 11.3 Å². The lowest BCUT2D eigenvalue weighted by Crippen LogP contribution is -2.29. The molecule has 4 rings (SSSR count). The molecule has 0 aliphatic carbocycles. The number of rotatable bonds is 7. The summed E-state index contributed by atoms with van der Waals surface area (Å²) in [6, 6.07) is 14.1. The highest BCUT2D eigenvalue weighted by molar-refractivity contribution is 7.90. The number of carbonyl (C=O) groups is 1. The fourth-order valence-corrected chi connectivity index (χ4v) is 6.72. The number of aromatic nitrogens is 1. The third-order valence-corrected chi connectivity index (χ3v) is 9.38. The summed E-state index contributed by atoms with van der Waals surface area (Å²) in [6.07, 6.45) is -1.57. The zero-order chi connectivity index (χ0) is 29.7. The van der Waals surface area contributed by atoms with Crippen LogP contribution in [-0.2, 0) is 27.2 Å². The quantitative estimate of drug-likeness (QED) is 0.245. The number of nitrogens with zero attached hydrogens (tertiary/aromatic N) is 1. The molecule has 1 atom stereocenters. The monoisotopic (exact) mass is 591 g/mol. The molecular formula is C29H28F3NO5S2. The van der Waals surface area contributed by atoms with Crippen molar-refractivity contribution < 1.29 is 36.6 Å². The van der Waals surface area contributed by atoms with Crippen LogP contribution in [-0.4, -0.2) is 34.3 Å². The smallest absolute Gasteiger partial charge is 0.416 e. The summed E-state index contributed by atoms with van der Waals surface area (Å²) in [7, 11) is -4.25. The van der Waals surface area contributed by atoms with E-state index in [9.17, 15) is 36.6 Å². The molecule has 0 saturated carbocycles. The summed E-state index contributed by atoms with van der Waals surface area (Å²) in [6.45, 7) is 7.45. The Kier molecular flexibility index (Phi) is 7.55. The standard InChI is InChI=1S/C29H28F3NO5S2/c1-27(2,3)20-9-5-7-18(15-20)8-6-14-40(37,38)33-22-11-10-21(29(30,31)32)16-19(22)17-24(33)28(4,36)25-13-12-23(39-25)26(34)35/h5-13,15-17,36H,14H2,1-4H3,(H,34,35). The zero-order valence-electron chi connectivity index (χ0n) is 22.2. The van der Waals surface area contributed by atoms with Crippen LogP contribution < -0.4 is 0 Å². The molecule has 2 aromatic carbocycles. The van der Waals surface area contributed by atoms with E-state index >= 15 is 0 Å². The molecule has 4 aromatic rings. The zero-order valence-corrected chi connectivity index (χ0v) is 23.8. The average molecular weight is 592 g/mol. The van der Waals surface area contributed by atoms with Crippen molar-refractivity contribution >= 4 is 44.3 Å². The molecule has 0 aliphatic rings. The van der Waals surface area contributed by atoms with Gasteiger partial charge < -0.3 is 10.2 Å². The number of aromatic carboxylic acids is 1. The molecule has 0 amide bonds. The van der Waals surface area contributed by atoms with E-state index in [0.717, 1.165) is 44.6 Å². The number of halogens is 3. The van der Waals surface area contributed by atoms with Crippen LogP contribution in [0, 0.1) is 0 Å². The molecule has 11 heteroatoms. The number of hydrogen-bond acceptors (Lipinski definition) is 5. The van der Waals surface area contributed by atoms with Gasteiger partial charge >= 0.3 is 12.1 Å². The van der Waals surface area contributed by atoms with Crippen LogP contribution in [0.3, 0.4) is 0 Å². The minimum Gasteiger partial charge on any atom is -0.477 e. The van der Waals surface area contributed by atoms with E-state index in [4.69, 9.17) is 0 Å². The summed E-state index contributed by atoms with van der Waals surface area (Å²) in [5, 5.41) is 20.8. The summed E-state index contributed by atoms with van der Waals surface area (Å²) in [4.78, 5) is 11.4. The first-order valence-corrected chi connectivity index (χ1v) is 14.6. The van der Waals surface area contributed by atoms with Gasteiger partial charge in [0, 0.05) is 10.3 Å². The fourth-order valence-electron chi connectivity index (χ4n) is 4.33. The Balaban J connectivity index is 1.82. The Morgan fingerprint density at radius 2 is 1.68 bits per heavy atom. The SMILES string of the molecule is CC(C)(C)c1cccc(C=CCS(=O)(=O)n2c(C(C)(O)c3ccc(C(=O)O)s3)cc3cc(C(F)(F)F)ccc32)c1. The van der Waals surface area contributed by atoms with Crippen molar-refractivity contribution in [1.82, 2.24) is 3.97 Å². The van der Waals surface area contributed by atoms with Crippen molar-refractivity contribution in [3.8, 4) is 0 Å². The first kappa shape index (κ1) is 29.6. The van der Waals surface area contributed by atoms with Crippen molar-refractivity contribution in [3.63, 3.8) is 0 Å². The van der Waals surface area contributed by atoms with Gasteiger partial charge in [0.2, 0.25) is 10.0 Å². The molecular weight excluding hydrogens is 563 g/mol. The highest BCUT2D eigenvalue weighted by atomic mass is 32.2. The predicted octanol–water partition coefficient (Wildman–Crippen LogP) is 6.86. The Morgan fingerprint density at radius 3 is 2.27 bits per heavy atom. The first-order chi connectivity index (χ1) is 18.4. The summed E-state index contributed by atoms with van der Waals surface area (Å²) >= 11 is 0.746. The summed E-state index contributed by atoms with van der Waals surface area (Å²) in [5.74, 6) is -1.73. The van der Waals surface area contributed by atoms with Crippen LogP contribution >= 0.6 is 11.3 Å². The Labute approximate surface area is 234 Å².